The van der Waals surface area contributed by atoms with Gasteiger partial charge in [-0.3, -0.25) is 24.3 Å². The van der Waals surface area contributed by atoms with Gasteiger partial charge in [0.25, 0.3) is 17.7 Å². The molecule has 1 aliphatic rings. The minimum atomic E-state index is -0.642. The van der Waals surface area contributed by atoms with Gasteiger partial charge in [-0.05, 0) is 31.0 Å². The molecule has 1 aromatic heterocycles. The molecule has 0 bridgehead atoms. The average Bonchev–Trinajstić information content (AvgIpc) is 3.52. The van der Waals surface area contributed by atoms with E-state index in [0.29, 0.717) is 16.6 Å². The van der Waals surface area contributed by atoms with Crippen LogP contribution in [0.1, 0.15) is 40.1 Å². The molecule has 1 aliphatic carbocycles. The van der Waals surface area contributed by atoms with Crippen molar-refractivity contribution >= 4 is 40.3 Å². The molecule has 33 heavy (non-hydrogen) atoms. The highest BCUT2D eigenvalue weighted by atomic mass is 16.5. The zero-order chi connectivity index (χ0) is 23.2. The molecule has 1 saturated carbocycles. The van der Waals surface area contributed by atoms with E-state index in [1.807, 2.05) is 6.07 Å². The average molecular weight is 449 g/mol. The highest BCUT2D eigenvalue weighted by Crippen LogP contribution is 2.21. The number of aromatic nitrogens is 2. The molecule has 0 radical (unpaired) electrons. The van der Waals surface area contributed by atoms with Crippen molar-refractivity contribution in [3.63, 3.8) is 0 Å². The molecule has 1 heterocycles. The maximum Gasteiger partial charge on any atom is 0.308 e. The summed E-state index contributed by atoms with van der Waals surface area (Å²) in [7, 11) is 0. The minimum Gasteiger partial charge on any atom is -0.456 e. The number of H-pyrrole nitrogens is 1. The summed E-state index contributed by atoms with van der Waals surface area (Å²) in [4.78, 5) is 48.7. The molecule has 3 amide bonds. The SMILES string of the molecule is O=C(COC(=O)CCNC(=O)c1n[nH]c2ccccc12)Nc1ccccc1C(=O)NC1CC1. The fraction of sp³-hybridized carbons (Fsp3) is 0.261. The number of anilines is 1. The fourth-order valence-corrected chi connectivity index (χ4v) is 3.18. The standard InChI is InChI=1S/C23H23N5O5/c29-19(26-17-7-3-2-6-16(17)22(31)25-14-9-10-14)13-33-20(30)11-12-24-23(32)21-15-5-1-4-8-18(15)27-28-21/h1-8,14H,9-13H2,(H,24,32)(H,25,31)(H,26,29)(H,27,28). The molecule has 4 N–H and O–H groups in total. The van der Waals surface area contributed by atoms with E-state index in [9.17, 15) is 19.2 Å². The third-order valence-electron chi connectivity index (χ3n) is 5.02. The van der Waals surface area contributed by atoms with Crippen LogP contribution >= 0.6 is 0 Å². The Morgan fingerprint density at radius 1 is 1.00 bits per heavy atom. The molecule has 170 valence electrons. The smallest absolute Gasteiger partial charge is 0.308 e. The summed E-state index contributed by atoms with van der Waals surface area (Å²) in [5.74, 6) is -1.89. The number of amides is 3. The highest BCUT2D eigenvalue weighted by molar-refractivity contribution is 6.05. The first-order valence-corrected chi connectivity index (χ1v) is 10.6. The number of nitrogens with one attached hydrogen (secondary N) is 4. The number of hydrogen-bond acceptors (Lipinski definition) is 6. The maximum atomic E-state index is 12.3. The van der Waals surface area contributed by atoms with Gasteiger partial charge in [0.05, 0.1) is 23.2 Å². The van der Waals surface area contributed by atoms with Crippen LogP contribution in [0.3, 0.4) is 0 Å². The van der Waals surface area contributed by atoms with Gasteiger partial charge >= 0.3 is 5.97 Å². The number of nitrogens with zero attached hydrogens (tertiary/aromatic N) is 1. The zero-order valence-electron chi connectivity index (χ0n) is 17.7. The number of fused-ring (bicyclic) bond motifs is 1. The van der Waals surface area contributed by atoms with Crippen LogP contribution in [0.25, 0.3) is 10.9 Å². The lowest BCUT2D eigenvalue weighted by atomic mass is 10.1. The number of ether oxygens (including phenoxy) is 1. The second kappa shape index (κ2) is 9.94. The van der Waals surface area contributed by atoms with E-state index in [2.05, 4.69) is 26.1 Å². The van der Waals surface area contributed by atoms with Crippen molar-refractivity contribution in [2.45, 2.75) is 25.3 Å². The third-order valence-corrected chi connectivity index (χ3v) is 5.02. The van der Waals surface area contributed by atoms with Gasteiger partial charge in [-0.1, -0.05) is 30.3 Å². The topological polar surface area (TPSA) is 142 Å². The van der Waals surface area contributed by atoms with Crippen molar-refractivity contribution < 1.29 is 23.9 Å². The second-order valence-electron chi connectivity index (χ2n) is 7.63. The van der Waals surface area contributed by atoms with Gasteiger partial charge in [0, 0.05) is 18.0 Å². The van der Waals surface area contributed by atoms with E-state index in [1.165, 1.54) is 0 Å². The fourth-order valence-electron chi connectivity index (χ4n) is 3.18. The number of carbonyl (C=O) groups excluding carboxylic acids is 4. The zero-order valence-corrected chi connectivity index (χ0v) is 17.7. The Kier molecular flexibility index (Phi) is 6.63. The molecule has 10 heteroatoms. The molecular weight excluding hydrogens is 426 g/mol. The Morgan fingerprint density at radius 2 is 1.76 bits per heavy atom. The molecule has 0 atom stereocenters. The van der Waals surface area contributed by atoms with Crippen LogP contribution in [0.2, 0.25) is 0 Å². The van der Waals surface area contributed by atoms with Crippen molar-refractivity contribution in [3.05, 3.63) is 59.8 Å². The monoisotopic (exact) mass is 449 g/mol. The lowest BCUT2D eigenvalue weighted by molar-refractivity contribution is -0.147. The number of para-hydroxylation sites is 2. The van der Waals surface area contributed by atoms with E-state index < -0.39 is 24.4 Å². The van der Waals surface area contributed by atoms with Gasteiger partial charge in [0.2, 0.25) is 0 Å². The number of rotatable bonds is 9. The number of aromatic amines is 1. The molecular formula is C23H23N5O5. The van der Waals surface area contributed by atoms with E-state index >= 15 is 0 Å². The van der Waals surface area contributed by atoms with E-state index in [0.717, 1.165) is 18.4 Å². The molecule has 10 nitrogen and oxygen atoms in total. The Balaban J connectivity index is 1.20. The van der Waals surface area contributed by atoms with Crippen molar-refractivity contribution in [2.75, 3.05) is 18.5 Å². The summed E-state index contributed by atoms with van der Waals surface area (Å²) in [6, 6.07) is 14.0. The quantitative estimate of drug-likeness (QED) is 0.367. The lowest BCUT2D eigenvalue weighted by Gasteiger charge is -2.11. The molecule has 3 aromatic rings. The number of hydrogen-bond donors (Lipinski definition) is 4. The predicted molar refractivity (Wildman–Crippen MR) is 120 cm³/mol. The summed E-state index contributed by atoms with van der Waals surface area (Å²) in [5.41, 5.74) is 1.66. The normalized spacial score (nSPS) is 12.7. The van der Waals surface area contributed by atoms with Crippen LogP contribution in [-0.2, 0) is 14.3 Å². The van der Waals surface area contributed by atoms with Crippen molar-refractivity contribution in [1.29, 1.82) is 0 Å². The highest BCUT2D eigenvalue weighted by Gasteiger charge is 2.25. The Labute approximate surface area is 189 Å². The van der Waals surface area contributed by atoms with Crippen LogP contribution in [0.15, 0.2) is 48.5 Å². The first-order chi connectivity index (χ1) is 16.0. The van der Waals surface area contributed by atoms with Gasteiger partial charge in [0.15, 0.2) is 12.3 Å². The summed E-state index contributed by atoms with van der Waals surface area (Å²) in [6.45, 7) is -0.472. The number of carbonyl (C=O) groups is 4. The molecule has 0 saturated heterocycles. The van der Waals surface area contributed by atoms with Gasteiger partial charge < -0.3 is 20.7 Å². The van der Waals surface area contributed by atoms with E-state index in [4.69, 9.17) is 4.74 Å². The van der Waals surface area contributed by atoms with Crippen molar-refractivity contribution in [2.24, 2.45) is 0 Å². The molecule has 2 aromatic carbocycles. The number of esters is 1. The van der Waals surface area contributed by atoms with Crippen LogP contribution in [0, 0.1) is 0 Å². The predicted octanol–water partition coefficient (Wildman–Crippen LogP) is 1.76. The Morgan fingerprint density at radius 3 is 2.58 bits per heavy atom. The van der Waals surface area contributed by atoms with Crippen LogP contribution in [-0.4, -0.2) is 53.1 Å². The maximum absolute atomic E-state index is 12.3. The summed E-state index contributed by atoms with van der Waals surface area (Å²) in [5, 5.41) is 15.5. The van der Waals surface area contributed by atoms with Crippen molar-refractivity contribution in [1.82, 2.24) is 20.8 Å². The van der Waals surface area contributed by atoms with Gasteiger partial charge in [-0.15, -0.1) is 0 Å². The third kappa shape index (κ3) is 5.73. The largest absolute Gasteiger partial charge is 0.456 e. The van der Waals surface area contributed by atoms with E-state index in [-0.39, 0.29) is 30.6 Å². The van der Waals surface area contributed by atoms with Crippen LogP contribution in [0.5, 0.6) is 0 Å². The molecule has 0 spiro atoms. The van der Waals surface area contributed by atoms with Gasteiger partial charge in [0.1, 0.15) is 0 Å². The summed E-state index contributed by atoms with van der Waals surface area (Å²) in [6.07, 6.45) is 1.80. The molecule has 0 aliphatic heterocycles. The second-order valence-corrected chi connectivity index (χ2v) is 7.63. The Hall–Kier alpha value is -4.21. The van der Waals surface area contributed by atoms with E-state index in [1.54, 1.807) is 42.5 Å². The Bertz CT molecular complexity index is 1200. The first kappa shape index (κ1) is 22.0. The summed E-state index contributed by atoms with van der Waals surface area (Å²) < 4.78 is 4.97. The number of benzene rings is 2. The van der Waals surface area contributed by atoms with Crippen LogP contribution < -0.4 is 16.0 Å². The molecule has 1 fully saturated rings. The molecule has 4 rings (SSSR count). The molecule has 0 unspecified atom stereocenters. The summed E-state index contributed by atoms with van der Waals surface area (Å²) >= 11 is 0. The lowest BCUT2D eigenvalue weighted by Crippen LogP contribution is -2.29. The van der Waals surface area contributed by atoms with Gasteiger partial charge in [-0.25, -0.2) is 0 Å². The first-order valence-electron chi connectivity index (χ1n) is 10.6. The van der Waals surface area contributed by atoms with Gasteiger partial charge in [-0.2, -0.15) is 5.10 Å². The van der Waals surface area contributed by atoms with Crippen molar-refractivity contribution in [3.8, 4) is 0 Å². The minimum absolute atomic E-state index is 0.0324. The van der Waals surface area contributed by atoms with Crippen LogP contribution in [0.4, 0.5) is 5.69 Å².